The maximum absolute atomic E-state index is 12.6. The van der Waals surface area contributed by atoms with Crippen LogP contribution in [0.1, 0.15) is 22.0 Å². The number of ether oxygens (including phenoxy) is 2. The van der Waals surface area contributed by atoms with E-state index in [1.165, 1.54) is 16.0 Å². The zero-order chi connectivity index (χ0) is 22.6. The number of carbonyl (C=O) groups is 2. The van der Waals surface area contributed by atoms with Crippen molar-refractivity contribution in [1.82, 2.24) is 10.2 Å². The van der Waals surface area contributed by atoms with Crippen LogP contribution in [0.2, 0.25) is 0 Å². The van der Waals surface area contributed by atoms with Crippen molar-refractivity contribution in [1.29, 1.82) is 0 Å². The summed E-state index contributed by atoms with van der Waals surface area (Å²) in [5.74, 6) is -0.183. The van der Waals surface area contributed by atoms with Crippen LogP contribution >= 0.6 is 11.3 Å². The molecule has 170 valence electrons. The lowest BCUT2D eigenvalue weighted by molar-refractivity contribution is -0.136. The Labute approximate surface area is 196 Å². The number of amides is 2. The molecule has 1 atom stereocenters. The highest BCUT2D eigenvalue weighted by molar-refractivity contribution is 7.10. The third kappa shape index (κ3) is 4.86. The number of hydrogen-bond acceptors (Lipinski definition) is 6. The predicted octanol–water partition coefficient (Wildman–Crippen LogP) is 3.37. The monoisotopic (exact) mass is 463 g/mol. The highest BCUT2D eigenvalue weighted by atomic mass is 32.1. The average molecular weight is 464 g/mol. The lowest BCUT2D eigenvalue weighted by atomic mass is 9.98. The smallest absolute Gasteiger partial charge is 0.313 e. The van der Waals surface area contributed by atoms with E-state index in [1.54, 1.807) is 29.5 Å². The molecule has 7 nitrogen and oxygen atoms in total. The second-order valence-electron chi connectivity index (χ2n) is 8.04. The molecule has 3 aromatic rings. The fraction of sp³-hybridized carbons (Fsp3) is 0.280. The van der Waals surface area contributed by atoms with Crippen molar-refractivity contribution < 1.29 is 19.1 Å². The van der Waals surface area contributed by atoms with Gasteiger partial charge in [0.15, 0.2) is 11.5 Å². The molecule has 0 spiro atoms. The van der Waals surface area contributed by atoms with Gasteiger partial charge in [0, 0.05) is 36.3 Å². The summed E-state index contributed by atoms with van der Waals surface area (Å²) >= 11 is 1.66. The van der Waals surface area contributed by atoms with Crippen LogP contribution in [0.25, 0.3) is 0 Å². The van der Waals surface area contributed by atoms with E-state index in [2.05, 4.69) is 45.9 Å². The largest absolute Gasteiger partial charge is 0.486 e. The van der Waals surface area contributed by atoms with Gasteiger partial charge >= 0.3 is 11.8 Å². The lowest BCUT2D eigenvalue weighted by Gasteiger charge is -2.35. The van der Waals surface area contributed by atoms with E-state index < -0.39 is 11.8 Å². The first-order valence-corrected chi connectivity index (χ1v) is 11.9. The summed E-state index contributed by atoms with van der Waals surface area (Å²) in [6, 6.07) is 17.7. The Morgan fingerprint density at radius 3 is 2.61 bits per heavy atom. The minimum absolute atomic E-state index is 0.00407. The van der Waals surface area contributed by atoms with Crippen LogP contribution in [0.4, 0.5) is 5.69 Å². The molecule has 3 heterocycles. The first-order chi connectivity index (χ1) is 16.2. The SMILES string of the molecule is O=C(NCC(c1cccs1)N1CCc2ccccc2C1)C(=O)Nc1ccc2c(c1)OCCO2. The molecule has 2 aliphatic heterocycles. The van der Waals surface area contributed by atoms with Gasteiger partial charge in [0.2, 0.25) is 0 Å². The van der Waals surface area contributed by atoms with E-state index >= 15 is 0 Å². The van der Waals surface area contributed by atoms with Gasteiger partial charge in [0.25, 0.3) is 0 Å². The van der Waals surface area contributed by atoms with Gasteiger partial charge in [-0.3, -0.25) is 14.5 Å². The Balaban J connectivity index is 1.23. The molecule has 0 saturated heterocycles. The highest BCUT2D eigenvalue weighted by Gasteiger charge is 2.27. The molecule has 1 aromatic heterocycles. The second kappa shape index (κ2) is 9.64. The fourth-order valence-corrected chi connectivity index (χ4v) is 5.11. The molecular weight excluding hydrogens is 438 g/mol. The van der Waals surface area contributed by atoms with E-state index in [9.17, 15) is 9.59 Å². The second-order valence-corrected chi connectivity index (χ2v) is 9.02. The number of nitrogens with zero attached hydrogens (tertiary/aromatic N) is 1. The summed E-state index contributed by atoms with van der Waals surface area (Å²) in [4.78, 5) is 28.6. The van der Waals surface area contributed by atoms with Crippen molar-refractivity contribution in [3.05, 3.63) is 76.0 Å². The summed E-state index contributed by atoms with van der Waals surface area (Å²) in [6.45, 7) is 3.03. The van der Waals surface area contributed by atoms with Gasteiger partial charge in [0.1, 0.15) is 13.2 Å². The van der Waals surface area contributed by atoms with E-state index in [-0.39, 0.29) is 6.04 Å². The number of benzene rings is 2. The Kier molecular flexibility index (Phi) is 6.28. The molecule has 2 aromatic carbocycles. The maximum atomic E-state index is 12.6. The van der Waals surface area contributed by atoms with Gasteiger partial charge in [-0.2, -0.15) is 0 Å². The summed E-state index contributed by atoms with van der Waals surface area (Å²) < 4.78 is 11.0. The zero-order valence-electron chi connectivity index (χ0n) is 18.1. The van der Waals surface area contributed by atoms with Crippen LogP contribution in [0.3, 0.4) is 0 Å². The molecule has 0 bridgehead atoms. The minimum atomic E-state index is -0.708. The van der Waals surface area contributed by atoms with Crippen LogP contribution in [-0.2, 0) is 22.6 Å². The van der Waals surface area contributed by atoms with Gasteiger partial charge in [0.05, 0.1) is 6.04 Å². The number of nitrogens with one attached hydrogen (secondary N) is 2. The highest BCUT2D eigenvalue weighted by Crippen LogP contribution is 2.33. The number of fused-ring (bicyclic) bond motifs is 2. The molecular formula is C25H25N3O4S. The third-order valence-electron chi connectivity index (χ3n) is 5.93. The van der Waals surface area contributed by atoms with Crippen LogP contribution in [0.15, 0.2) is 60.0 Å². The van der Waals surface area contributed by atoms with Crippen molar-refractivity contribution in [3.63, 3.8) is 0 Å². The molecule has 1 unspecified atom stereocenters. The molecule has 8 heteroatoms. The maximum Gasteiger partial charge on any atom is 0.313 e. The standard InChI is InChI=1S/C25H25N3O4S/c29-24(25(30)27-19-7-8-21-22(14-19)32-12-11-31-21)26-15-20(23-6-3-13-33-23)28-10-9-17-4-1-2-5-18(17)16-28/h1-8,13-14,20H,9-12,15-16H2,(H,26,29)(H,27,30). The Bertz CT molecular complexity index is 1150. The average Bonchev–Trinajstić information content (AvgIpc) is 3.38. The molecule has 2 aliphatic rings. The summed E-state index contributed by atoms with van der Waals surface area (Å²) in [5, 5.41) is 7.52. The van der Waals surface area contributed by atoms with Gasteiger partial charge in [-0.25, -0.2) is 0 Å². The first kappa shape index (κ1) is 21.5. The van der Waals surface area contributed by atoms with Crippen molar-refractivity contribution in [2.45, 2.75) is 19.0 Å². The number of thiophene rings is 1. The topological polar surface area (TPSA) is 79.9 Å². The molecule has 0 saturated carbocycles. The van der Waals surface area contributed by atoms with Crippen molar-refractivity contribution >= 4 is 28.8 Å². The van der Waals surface area contributed by atoms with E-state index in [1.807, 2.05) is 11.4 Å². The summed E-state index contributed by atoms with van der Waals surface area (Å²) in [7, 11) is 0. The third-order valence-corrected chi connectivity index (χ3v) is 6.91. The lowest BCUT2D eigenvalue weighted by Crippen LogP contribution is -2.43. The van der Waals surface area contributed by atoms with Crippen LogP contribution in [-0.4, -0.2) is 43.0 Å². The normalized spacial score (nSPS) is 15.9. The van der Waals surface area contributed by atoms with E-state index in [0.29, 0.717) is 36.9 Å². The van der Waals surface area contributed by atoms with Gasteiger partial charge in [-0.1, -0.05) is 30.3 Å². The molecule has 0 fully saturated rings. The molecule has 2 amide bonds. The molecule has 33 heavy (non-hydrogen) atoms. The molecule has 5 rings (SSSR count). The predicted molar refractivity (Wildman–Crippen MR) is 127 cm³/mol. The Hall–Kier alpha value is -3.36. The number of hydrogen-bond donors (Lipinski definition) is 2. The number of anilines is 1. The van der Waals surface area contributed by atoms with E-state index in [0.717, 1.165) is 19.5 Å². The summed E-state index contributed by atoms with van der Waals surface area (Å²) in [6.07, 6.45) is 0.969. The fourth-order valence-electron chi connectivity index (χ4n) is 4.25. The van der Waals surface area contributed by atoms with Crippen molar-refractivity contribution in [3.8, 4) is 11.5 Å². The molecule has 0 radical (unpaired) electrons. The first-order valence-electron chi connectivity index (χ1n) is 11.0. The van der Waals surface area contributed by atoms with Crippen LogP contribution < -0.4 is 20.1 Å². The van der Waals surface area contributed by atoms with Gasteiger partial charge < -0.3 is 20.1 Å². The Morgan fingerprint density at radius 1 is 0.970 bits per heavy atom. The van der Waals surface area contributed by atoms with Crippen molar-refractivity contribution in [2.24, 2.45) is 0 Å². The van der Waals surface area contributed by atoms with E-state index in [4.69, 9.17) is 9.47 Å². The number of rotatable bonds is 5. The molecule has 0 aliphatic carbocycles. The van der Waals surface area contributed by atoms with Crippen molar-refractivity contribution in [2.75, 3.05) is 31.6 Å². The quantitative estimate of drug-likeness (QED) is 0.567. The molecule has 2 N–H and O–H groups in total. The number of carbonyl (C=O) groups excluding carboxylic acids is 2. The summed E-state index contributed by atoms with van der Waals surface area (Å²) in [5.41, 5.74) is 3.18. The van der Waals surface area contributed by atoms with Crippen LogP contribution in [0, 0.1) is 0 Å². The van der Waals surface area contributed by atoms with Gasteiger partial charge in [-0.05, 0) is 41.1 Å². The Morgan fingerprint density at radius 2 is 1.79 bits per heavy atom. The van der Waals surface area contributed by atoms with Crippen LogP contribution in [0.5, 0.6) is 11.5 Å². The van der Waals surface area contributed by atoms with Gasteiger partial charge in [-0.15, -0.1) is 11.3 Å². The zero-order valence-corrected chi connectivity index (χ0v) is 18.9. The minimum Gasteiger partial charge on any atom is -0.486 e.